The van der Waals surface area contributed by atoms with Crippen LogP contribution in [-0.2, 0) is 4.79 Å². The minimum absolute atomic E-state index is 0.0883. The van der Waals surface area contributed by atoms with Crippen LogP contribution in [0.3, 0.4) is 0 Å². The van der Waals surface area contributed by atoms with Crippen molar-refractivity contribution in [1.29, 1.82) is 0 Å². The molecule has 0 aliphatic rings. The SMILES string of the molecule is CCCCCCCC/C=C\CCCCCCCCCCCC(=O)NC(CC)NC(C)(O)C(C)CC. The fourth-order valence-corrected chi connectivity index (χ4v) is 4.46. The third-order valence-electron chi connectivity index (χ3n) is 7.45. The summed E-state index contributed by atoms with van der Waals surface area (Å²) in [7, 11) is 0. The predicted octanol–water partition coefficient (Wildman–Crippen LogP) is 8.78. The summed E-state index contributed by atoms with van der Waals surface area (Å²) in [4.78, 5) is 12.3. The van der Waals surface area contributed by atoms with Crippen molar-refractivity contribution in [3.63, 3.8) is 0 Å². The Bertz CT molecular complexity index is 504. The molecule has 0 aromatic carbocycles. The van der Waals surface area contributed by atoms with Crippen LogP contribution in [-0.4, -0.2) is 22.9 Å². The lowest BCUT2D eigenvalue weighted by Gasteiger charge is -2.35. The molecule has 0 fully saturated rings. The summed E-state index contributed by atoms with van der Waals surface area (Å²) >= 11 is 0. The zero-order valence-electron chi connectivity index (χ0n) is 24.3. The van der Waals surface area contributed by atoms with Gasteiger partial charge in [0, 0.05) is 6.42 Å². The van der Waals surface area contributed by atoms with Gasteiger partial charge in [-0.05, 0) is 57.8 Å². The van der Waals surface area contributed by atoms with E-state index in [1.165, 1.54) is 96.3 Å². The van der Waals surface area contributed by atoms with E-state index in [0.29, 0.717) is 6.42 Å². The second-order valence-electron chi connectivity index (χ2n) is 10.9. The molecular formula is C31H62N2O2. The van der Waals surface area contributed by atoms with Crippen LogP contribution >= 0.6 is 0 Å². The highest BCUT2D eigenvalue weighted by Crippen LogP contribution is 2.18. The smallest absolute Gasteiger partial charge is 0.221 e. The highest BCUT2D eigenvalue weighted by Gasteiger charge is 2.29. The van der Waals surface area contributed by atoms with Gasteiger partial charge in [-0.2, -0.15) is 0 Å². The van der Waals surface area contributed by atoms with Crippen LogP contribution in [0.15, 0.2) is 12.2 Å². The largest absolute Gasteiger partial charge is 0.376 e. The summed E-state index contributed by atoms with van der Waals surface area (Å²) in [5, 5.41) is 16.8. The molecule has 0 saturated carbocycles. The number of carbonyl (C=O) groups excluding carboxylic acids is 1. The number of allylic oxidation sites excluding steroid dienone is 2. The van der Waals surface area contributed by atoms with Crippen LogP contribution in [0.25, 0.3) is 0 Å². The van der Waals surface area contributed by atoms with Crippen molar-refractivity contribution in [2.24, 2.45) is 5.92 Å². The molecule has 3 unspecified atom stereocenters. The third-order valence-corrected chi connectivity index (χ3v) is 7.45. The number of unbranched alkanes of at least 4 members (excludes halogenated alkanes) is 15. The van der Waals surface area contributed by atoms with Gasteiger partial charge in [-0.1, -0.05) is 117 Å². The van der Waals surface area contributed by atoms with Crippen LogP contribution in [0.4, 0.5) is 0 Å². The number of hydrogen-bond donors (Lipinski definition) is 3. The van der Waals surface area contributed by atoms with Crippen molar-refractivity contribution in [2.45, 2.75) is 175 Å². The van der Waals surface area contributed by atoms with Crippen molar-refractivity contribution in [1.82, 2.24) is 10.6 Å². The zero-order valence-corrected chi connectivity index (χ0v) is 24.3. The number of carbonyl (C=O) groups is 1. The molecule has 0 aromatic rings. The van der Waals surface area contributed by atoms with Crippen LogP contribution < -0.4 is 10.6 Å². The Morgan fingerprint density at radius 1 is 0.743 bits per heavy atom. The molecule has 0 saturated heterocycles. The Morgan fingerprint density at radius 3 is 1.66 bits per heavy atom. The van der Waals surface area contributed by atoms with Gasteiger partial charge in [0.1, 0.15) is 5.72 Å². The van der Waals surface area contributed by atoms with E-state index in [4.69, 9.17) is 0 Å². The topological polar surface area (TPSA) is 61.4 Å². The van der Waals surface area contributed by atoms with E-state index in [2.05, 4.69) is 36.6 Å². The Balaban J connectivity index is 3.54. The Kier molecular flexibility index (Phi) is 22.9. The van der Waals surface area contributed by atoms with Crippen LogP contribution in [0.1, 0.15) is 163 Å². The lowest BCUT2D eigenvalue weighted by Crippen LogP contribution is -2.57. The molecule has 0 aromatic heterocycles. The van der Waals surface area contributed by atoms with Crippen molar-refractivity contribution in [3.8, 4) is 0 Å². The number of hydrogen-bond acceptors (Lipinski definition) is 3. The minimum atomic E-state index is -0.966. The van der Waals surface area contributed by atoms with E-state index in [9.17, 15) is 9.90 Å². The first kappa shape index (κ1) is 34.1. The third kappa shape index (κ3) is 21.0. The standard InChI is InChI=1S/C31H62N2O2/c1-6-9-10-11-12-13-14-15-16-17-18-19-20-21-22-23-24-25-26-27-30(34)32-29(8-3)33-31(5,35)28(4)7-2/h15-16,28-29,33,35H,6-14,17-27H2,1-5H3,(H,32,34)/b16-15-. The van der Waals surface area contributed by atoms with Gasteiger partial charge in [0.2, 0.25) is 5.91 Å². The maximum absolute atomic E-state index is 12.3. The maximum atomic E-state index is 12.3. The summed E-state index contributed by atoms with van der Waals surface area (Å²) in [6.07, 6.45) is 29.0. The highest BCUT2D eigenvalue weighted by atomic mass is 16.3. The molecule has 0 radical (unpaired) electrons. The molecule has 0 rings (SSSR count). The molecular weight excluding hydrogens is 432 g/mol. The average molecular weight is 495 g/mol. The highest BCUT2D eigenvalue weighted by molar-refractivity contribution is 5.76. The first-order valence-corrected chi connectivity index (χ1v) is 15.3. The van der Waals surface area contributed by atoms with Crippen molar-refractivity contribution < 1.29 is 9.90 Å². The molecule has 3 atom stereocenters. The quantitative estimate of drug-likeness (QED) is 0.0675. The van der Waals surface area contributed by atoms with E-state index in [-0.39, 0.29) is 18.0 Å². The van der Waals surface area contributed by atoms with Gasteiger partial charge in [0.05, 0.1) is 6.17 Å². The molecule has 0 spiro atoms. The van der Waals surface area contributed by atoms with Gasteiger partial charge < -0.3 is 10.4 Å². The van der Waals surface area contributed by atoms with E-state index >= 15 is 0 Å². The summed E-state index contributed by atoms with van der Waals surface area (Å²) in [5.41, 5.74) is -0.966. The number of aliphatic hydroxyl groups is 1. The molecule has 3 N–H and O–H groups in total. The van der Waals surface area contributed by atoms with Gasteiger partial charge in [-0.3, -0.25) is 10.1 Å². The number of amides is 1. The van der Waals surface area contributed by atoms with Crippen molar-refractivity contribution in [3.05, 3.63) is 12.2 Å². The fraction of sp³-hybridized carbons (Fsp3) is 0.903. The molecule has 4 nitrogen and oxygen atoms in total. The molecule has 4 heteroatoms. The molecule has 0 aliphatic carbocycles. The molecule has 0 bridgehead atoms. The molecule has 0 heterocycles. The Labute approximate surface area is 219 Å². The normalized spacial score (nSPS) is 15.3. The van der Waals surface area contributed by atoms with E-state index < -0.39 is 5.72 Å². The lowest BCUT2D eigenvalue weighted by molar-refractivity contribution is -0.123. The Morgan fingerprint density at radius 2 is 1.20 bits per heavy atom. The van der Waals surface area contributed by atoms with E-state index in [1.807, 2.05) is 13.8 Å². The van der Waals surface area contributed by atoms with Crippen LogP contribution in [0.5, 0.6) is 0 Å². The second kappa shape index (κ2) is 23.5. The zero-order chi connectivity index (χ0) is 26.2. The molecule has 1 amide bonds. The number of nitrogens with one attached hydrogen (secondary N) is 2. The van der Waals surface area contributed by atoms with Gasteiger partial charge in [0.25, 0.3) is 0 Å². The lowest BCUT2D eigenvalue weighted by atomic mass is 9.96. The summed E-state index contributed by atoms with van der Waals surface area (Å²) in [6.45, 7) is 10.2. The van der Waals surface area contributed by atoms with Crippen LogP contribution in [0, 0.1) is 5.92 Å². The predicted molar refractivity (Wildman–Crippen MR) is 153 cm³/mol. The van der Waals surface area contributed by atoms with Gasteiger partial charge in [-0.15, -0.1) is 0 Å². The fourth-order valence-electron chi connectivity index (χ4n) is 4.46. The minimum Gasteiger partial charge on any atom is -0.376 e. The van der Waals surface area contributed by atoms with Crippen molar-refractivity contribution >= 4 is 5.91 Å². The van der Waals surface area contributed by atoms with Crippen LogP contribution in [0.2, 0.25) is 0 Å². The van der Waals surface area contributed by atoms with Gasteiger partial charge in [0.15, 0.2) is 0 Å². The molecule has 208 valence electrons. The van der Waals surface area contributed by atoms with Gasteiger partial charge >= 0.3 is 0 Å². The molecule has 0 aliphatic heterocycles. The first-order valence-electron chi connectivity index (χ1n) is 15.3. The van der Waals surface area contributed by atoms with E-state index in [1.54, 1.807) is 6.92 Å². The summed E-state index contributed by atoms with van der Waals surface area (Å²) in [5.74, 6) is 0.218. The number of rotatable bonds is 25. The van der Waals surface area contributed by atoms with E-state index in [0.717, 1.165) is 25.7 Å². The maximum Gasteiger partial charge on any atom is 0.221 e. The first-order chi connectivity index (χ1) is 16.9. The van der Waals surface area contributed by atoms with Crippen molar-refractivity contribution in [2.75, 3.05) is 0 Å². The summed E-state index contributed by atoms with van der Waals surface area (Å²) < 4.78 is 0. The Hall–Kier alpha value is -0.870. The molecule has 35 heavy (non-hydrogen) atoms. The van der Waals surface area contributed by atoms with Gasteiger partial charge in [-0.25, -0.2) is 0 Å². The monoisotopic (exact) mass is 494 g/mol. The second-order valence-corrected chi connectivity index (χ2v) is 10.9. The summed E-state index contributed by atoms with van der Waals surface area (Å²) in [6, 6.07) is 0. The average Bonchev–Trinajstić information content (AvgIpc) is 2.84.